The Kier molecular flexibility index (Phi) is 5.47. The van der Waals surface area contributed by atoms with Crippen molar-refractivity contribution in [2.24, 2.45) is 0 Å². The number of piperidine rings is 1. The molecule has 0 aliphatic carbocycles. The topological polar surface area (TPSA) is 69.6 Å². The second-order valence-electron chi connectivity index (χ2n) is 6.57. The SMILES string of the molecule is Cc1ccccc1C1CN(C(=O)O)CCC1NC(=O)c1ccc(Cl)cc1. The quantitative estimate of drug-likeness (QED) is 0.858. The molecule has 0 bridgehead atoms. The second kappa shape index (κ2) is 7.79. The molecule has 1 heterocycles. The van der Waals surface area contributed by atoms with Gasteiger partial charge in [-0.15, -0.1) is 0 Å². The van der Waals surface area contributed by atoms with E-state index in [0.717, 1.165) is 11.1 Å². The number of nitrogens with zero attached hydrogens (tertiary/aromatic N) is 1. The van der Waals surface area contributed by atoms with Gasteiger partial charge in [0.2, 0.25) is 0 Å². The van der Waals surface area contributed by atoms with Crippen LogP contribution in [0.1, 0.15) is 33.8 Å². The molecule has 1 saturated heterocycles. The van der Waals surface area contributed by atoms with Crippen molar-refractivity contribution >= 4 is 23.6 Å². The van der Waals surface area contributed by atoms with Crippen LogP contribution in [-0.4, -0.2) is 41.1 Å². The number of carbonyl (C=O) groups is 2. The Morgan fingerprint density at radius 2 is 1.85 bits per heavy atom. The largest absolute Gasteiger partial charge is 0.465 e. The molecular formula is C20H21ClN2O3. The summed E-state index contributed by atoms with van der Waals surface area (Å²) in [5.74, 6) is -0.258. The molecular weight excluding hydrogens is 352 g/mol. The number of hydrogen-bond donors (Lipinski definition) is 2. The lowest BCUT2D eigenvalue weighted by Gasteiger charge is -2.38. The fourth-order valence-corrected chi connectivity index (χ4v) is 3.60. The summed E-state index contributed by atoms with van der Waals surface area (Å²) in [6.07, 6.45) is -0.351. The van der Waals surface area contributed by atoms with E-state index in [-0.39, 0.29) is 17.9 Å². The van der Waals surface area contributed by atoms with Crippen molar-refractivity contribution in [1.82, 2.24) is 10.2 Å². The van der Waals surface area contributed by atoms with E-state index >= 15 is 0 Å². The Labute approximate surface area is 157 Å². The van der Waals surface area contributed by atoms with Crippen molar-refractivity contribution in [3.63, 3.8) is 0 Å². The van der Waals surface area contributed by atoms with Crippen LogP contribution in [0.15, 0.2) is 48.5 Å². The monoisotopic (exact) mass is 372 g/mol. The van der Waals surface area contributed by atoms with Gasteiger partial charge in [0.1, 0.15) is 0 Å². The smallest absolute Gasteiger partial charge is 0.407 e. The average Bonchev–Trinajstić information content (AvgIpc) is 2.63. The number of benzene rings is 2. The Hall–Kier alpha value is -2.53. The van der Waals surface area contributed by atoms with Crippen molar-refractivity contribution in [1.29, 1.82) is 0 Å². The van der Waals surface area contributed by atoms with E-state index in [9.17, 15) is 14.7 Å². The van der Waals surface area contributed by atoms with Crippen molar-refractivity contribution in [2.45, 2.75) is 25.3 Å². The molecule has 0 aromatic heterocycles. The Bertz CT molecular complexity index is 807. The number of carboxylic acid groups (broad SMARTS) is 1. The summed E-state index contributed by atoms with van der Waals surface area (Å²) in [4.78, 5) is 25.5. The van der Waals surface area contributed by atoms with Gasteiger partial charge in [0.15, 0.2) is 0 Å². The number of rotatable bonds is 3. The van der Waals surface area contributed by atoms with Gasteiger partial charge in [0.05, 0.1) is 0 Å². The predicted octanol–water partition coefficient (Wildman–Crippen LogP) is 3.91. The minimum absolute atomic E-state index is 0.0858. The highest BCUT2D eigenvalue weighted by Gasteiger charge is 2.34. The molecule has 1 aliphatic heterocycles. The summed E-state index contributed by atoms with van der Waals surface area (Å²) in [5, 5.41) is 13.0. The van der Waals surface area contributed by atoms with Crippen LogP contribution in [-0.2, 0) is 0 Å². The zero-order chi connectivity index (χ0) is 18.7. The fraction of sp³-hybridized carbons (Fsp3) is 0.300. The van der Waals surface area contributed by atoms with Gasteiger partial charge in [-0.1, -0.05) is 35.9 Å². The molecule has 2 amide bonds. The Balaban J connectivity index is 1.83. The molecule has 2 unspecified atom stereocenters. The van der Waals surface area contributed by atoms with E-state index in [2.05, 4.69) is 5.32 Å². The second-order valence-corrected chi connectivity index (χ2v) is 7.00. The molecule has 2 aromatic rings. The number of likely N-dealkylation sites (tertiary alicyclic amines) is 1. The van der Waals surface area contributed by atoms with Crippen LogP contribution in [0.3, 0.4) is 0 Å². The van der Waals surface area contributed by atoms with Crippen LogP contribution in [0.25, 0.3) is 0 Å². The zero-order valence-electron chi connectivity index (χ0n) is 14.5. The third kappa shape index (κ3) is 3.99. The maximum absolute atomic E-state index is 12.6. The number of amides is 2. The van der Waals surface area contributed by atoms with Gasteiger partial charge in [-0.3, -0.25) is 4.79 Å². The van der Waals surface area contributed by atoms with Gasteiger partial charge in [-0.2, -0.15) is 0 Å². The van der Waals surface area contributed by atoms with Crippen LogP contribution in [0.2, 0.25) is 5.02 Å². The molecule has 6 heteroatoms. The minimum atomic E-state index is -0.925. The van der Waals surface area contributed by atoms with Crippen molar-refractivity contribution in [3.05, 3.63) is 70.2 Å². The van der Waals surface area contributed by atoms with Gasteiger partial charge in [-0.05, 0) is 48.7 Å². The average molecular weight is 373 g/mol. The Morgan fingerprint density at radius 3 is 2.50 bits per heavy atom. The van der Waals surface area contributed by atoms with Crippen LogP contribution in [0, 0.1) is 6.92 Å². The van der Waals surface area contributed by atoms with Gasteiger partial charge in [-0.25, -0.2) is 4.79 Å². The summed E-state index contributed by atoms with van der Waals surface area (Å²) < 4.78 is 0. The molecule has 1 fully saturated rings. The molecule has 3 rings (SSSR count). The van der Waals surface area contributed by atoms with Gasteiger partial charge in [0.25, 0.3) is 5.91 Å². The predicted molar refractivity (Wildman–Crippen MR) is 101 cm³/mol. The van der Waals surface area contributed by atoms with Crippen LogP contribution >= 0.6 is 11.6 Å². The standard InChI is InChI=1S/C20H21ClN2O3/c1-13-4-2-3-5-16(13)17-12-23(20(25)26)11-10-18(17)22-19(24)14-6-8-15(21)9-7-14/h2-9,17-18H,10-12H2,1H3,(H,22,24)(H,25,26). The van der Waals surface area contributed by atoms with Crippen molar-refractivity contribution in [2.75, 3.05) is 13.1 Å². The maximum atomic E-state index is 12.6. The molecule has 2 aromatic carbocycles. The molecule has 2 atom stereocenters. The first-order valence-electron chi connectivity index (χ1n) is 8.55. The molecule has 0 saturated carbocycles. The number of halogens is 1. The van der Waals surface area contributed by atoms with Crippen molar-refractivity contribution < 1.29 is 14.7 Å². The lowest BCUT2D eigenvalue weighted by atomic mass is 9.84. The highest BCUT2D eigenvalue weighted by molar-refractivity contribution is 6.30. The number of aryl methyl sites for hydroxylation is 1. The summed E-state index contributed by atoms with van der Waals surface area (Å²) in [5.41, 5.74) is 2.70. The lowest BCUT2D eigenvalue weighted by molar-refractivity contribution is 0.0888. The molecule has 1 aliphatic rings. The maximum Gasteiger partial charge on any atom is 0.407 e. The zero-order valence-corrected chi connectivity index (χ0v) is 15.2. The molecule has 136 valence electrons. The van der Waals surface area contributed by atoms with E-state index in [4.69, 9.17) is 11.6 Å². The molecule has 0 spiro atoms. The third-order valence-corrected chi connectivity index (χ3v) is 5.15. The van der Waals surface area contributed by atoms with E-state index < -0.39 is 6.09 Å². The fourth-order valence-electron chi connectivity index (χ4n) is 3.47. The summed E-state index contributed by atoms with van der Waals surface area (Å²) >= 11 is 5.88. The van der Waals surface area contributed by atoms with Crippen LogP contribution in [0.4, 0.5) is 4.79 Å². The normalized spacial score (nSPS) is 19.8. The highest BCUT2D eigenvalue weighted by atomic mass is 35.5. The molecule has 2 N–H and O–H groups in total. The Morgan fingerprint density at radius 1 is 1.15 bits per heavy atom. The first-order valence-corrected chi connectivity index (χ1v) is 8.93. The summed E-state index contributed by atoms with van der Waals surface area (Å²) in [7, 11) is 0. The van der Waals surface area contributed by atoms with Crippen LogP contribution in [0.5, 0.6) is 0 Å². The lowest BCUT2D eigenvalue weighted by Crippen LogP contribution is -2.51. The minimum Gasteiger partial charge on any atom is -0.465 e. The van der Waals surface area contributed by atoms with E-state index in [0.29, 0.717) is 30.1 Å². The van der Waals surface area contributed by atoms with E-state index in [1.54, 1.807) is 24.3 Å². The highest BCUT2D eigenvalue weighted by Crippen LogP contribution is 2.30. The molecule has 5 nitrogen and oxygen atoms in total. The summed E-state index contributed by atoms with van der Waals surface area (Å²) in [6.45, 7) is 2.78. The van der Waals surface area contributed by atoms with Crippen LogP contribution < -0.4 is 5.32 Å². The molecule has 26 heavy (non-hydrogen) atoms. The first-order chi connectivity index (χ1) is 12.5. The third-order valence-electron chi connectivity index (χ3n) is 4.89. The first kappa shape index (κ1) is 18.3. The van der Waals surface area contributed by atoms with E-state index in [1.165, 1.54) is 4.90 Å². The van der Waals surface area contributed by atoms with Crippen molar-refractivity contribution in [3.8, 4) is 0 Å². The van der Waals surface area contributed by atoms with E-state index in [1.807, 2.05) is 31.2 Å². The number of carbonyl (C=O) groups excluding carboxylic acids is 1. The van der Waals surface area contributed by atoms with Gasteiger partial charge < -0.3 is 15.3 Å². The number of nitrogens with one attached hydrogen (secondary N) is 1. The van der Waals surface area contributed by atoms with Gasteiger partial charge in [0, 0.05) is 35.6 Å². The molecule has 0 radical (unpaired) electrons. The number of hydrogen-bond acceptors (Lipinski definition) is 2. The van der Waals surface area contributed by atoms with Gasteiger partial charge >= 0.3 is 6.09 Å². The summed E-state index contributed by atoms with van der Waals surface area (Å²) in [6, 6.07) is 14.5.